The molecule has 3 aromatic carbocycles. The first kappa shape index (κ1) is 29.2. The molecule has 0 saturated heterocycles. The van der Waals surface area contributed by atoms with E-state index in [2.05, 4.69) is 50.2 Å². The SMILES string of the molecule is CC(C)(C)c1ccc(CON=Cc2ccc(CCOc3c(Cl)cc(OCC=C(Cl)Cl)cc3Cl)cc2)cc1. The molecule has 0 saturated carbocycles. The maximum absolute atomic E-state index is 6.32. The molecule has 0 radical (unpaired) electrons. The normalized spacial score (nSPS) is 11.4. The largest absolute Gasteiger partial charge is 0.490 e. The number of oxime groups is 1. The summed E-state index contributed by atoms with van der Waals surface area (Å²) >= 11 is 23.8. The Bertz CT molecular complexity index is 1190. The van der Waals surface area contributed by atoms with Gasteiger partial charge in [-0.2, -0.15) is 0 Å². The van der Waals surface area contributed by atoms with Gasteiger partial charge in [-0.15, -0.1) is 0 Å². The molecule has 0 aliphatic rings. The smallest absolute Gasteiger partial charge is 0.156 e. The molecule has 3 rings (SSSR count). The Morgan fingerprint density at radius 2 is 1.49 bits per heavy atom. The van der Waals surface area contributed by atoms with Gasteiger partial charge in [-0.25, -0.2) is 0 Å². The number of nitrogens with zero attached hydrogens (tertiary/aromatic N) is 1. The minimum atomic E-state index is 0.128. The maximum Gasteiger partial charge on any atom is 0.156 e. The molecule has 0 unspecified atom stereocenters. The number of hydrogen-bond acceptors (Lipinski definition) is 4. The van der Waals surface area contributed by atoms with E-state index < -0.39 is 0 Å². The molecule has 0 spiro atoms. The number of halogens is 4. The number of ether oxygens (including phenoxy) is 2. The molecule has 4 nitrogen and oxygen atoms in total. The van der Waals surface area contributed by atoms with Gasteiger partial charge in [0.1, 0.15) is 23.5 Å². The van der Waals surface area contributed by atoms with Gasteiger partial charge in [0.2, 0.25) is 0 Å². The predicted molar refractivity (Wildman–Crippen MR) is 155 cm³/mol. The Hall–Kier alpha value is -2.37. The minimum absolute atomic E-state index is 0.128. The average molecular weight is 581 g/mol. The molecule has 0 fully saturated rings. The van der Waals surface area contributed by atoms with Crippen molar-refractivity contribution >= 4 is 52.6 Å². The summed E-state index contributed by atoms with van der Waals surface area (Å²) in [5.41, 5.74) is 4.56. The first-order chi connectivity index (χ1) is 17.6. The first-order valence-electron chi connectivity index (χ1n) is 11.7. The molecule has 0 atom stereocenters. The van der Waals surface area contributed by atoms with Gasteiger partial charge < -0.3 is 14.3 Å². The van der Waals surface area contributed by atoms with Crippen LogP contribution < -0.4 is 9.47 Å². The highest BCUT2D eigenvalue weighted by Crippen LogP contribution is 2.37. The standard InChI is InChI=1S/C29H29Cl4NO3/c1-29(2,3)23-10-8-22(9-11-23)19-37-34-18-21-6-4-20(5-7-21)12-14-36-28-25(30)16-24(17-26(28)31)35-15-13-27(32)33/h4-11,13,16-18H,12,14-15,19H2,1-3H3. The van der Waals surface area contributed by atoms with Crippen LogP contribution in [0.3, 0.4) is 0 Å². The fraction of sp³-hybridized carbons (Fsp3) is 0.276. The second kappa shape index (κ2) is 14.0. The molecule has 0 aliphatic carbocycles. The van der Waals surface area contributed by atoms with E-state index in [0.717, 1.165) is 16.7 Å². The van der Waals surface area contributed by atoms with Crippen molar-refractivity contribution in [3.8, 4) is 11.5 Å². The van der Waals surface area contributed by atoms with Gasteiger partial charge >= 0.3 is 0 Å². The van der Waals surface area contributed by atoms with Gasteiger partial charge in [0.05, 0.1) is 22.9 Å². The van der Waals surface area contributed by atoms with Crippen LogP contribution in [0.4, 0.5) is 0 Å². The lowest BCUT2D eigenvalue weighted by Crippen LogP contribution is -2.10. The third-order valence-corrected chi connectivity index (χ3v) is 6.27. The van der Waals surface area contributed by atoms with E-state index in [9.17, 15) is 0 Å². The third kappa shape index (κ3) is 9.79. The van der Waals surface area contributed by atoms with Crippen LogP contribution in [0.5, 0.6) is 11.5 Å². The van der Waals surface area contributed by atoms with Crippen LogP contribution in [0.15, 0.2) is 76.4 Å². The summed E-state index contributed by atoms with van der Waals surface area (Å²) in [7, 11) is 0. The Balaban J connectivity index is 1.44. The van der Waals surface area contributed by atoms with Crippen molar-refractivity contribution in [2.75, 3.05) is 13.2 Å². The Morgan fingerprint density at radius 3 is 2.08 bits per heavy atom. The molecule has 0 aromatic heterocycles. The molecule has 0 N–H and O–H groups in total. The zero-order chi connectivity index (χ0) is 26.8. The fourth-order valence-corrected chi connectivity index (χ4v) is 4.01. The topological polar surface area (TPSA) is 40.0 Å². The molecule has 0 bridgehead atoms. The lowest BCUT2D eigenvalue weighted by molar-refractivity contribution is 0.132. The summed E-state index contributed by atoms with van der Waals surface area (Å²) in [4.78, 5) is 5.46. The molecule has 196 valence electrons. The van der Waals surface area contributed by atoms with Crippen molar-refractivity contribution in [2.45, 2.75) is 39.2 Å². The number of benzene rings is 3. The minimum Gasteiger partial charge on any atom is -0.490 e. The van der Waals surface area contributed by atoms with Crippen molar-refractivity contribution in [1.29, 1.82) is 0 Å². The monoisotopic (exact) mass is 579 g/mol. The summed E-state index contributed by atoms with van der Waals surface area (Å²) in [5, 5.41) is 4.81. The molecule has 0 aliphatic heterocycles. The van der Waals surface area contributed by atoms with Crippen molar-refractivity contribution < 1.29 is 14.3 Å². The van der Waals surface area contributed by atoms with Crippen LogP contribution >= 0.6 is 46.4 Å². The van der Waals surface area contributed by atoms with Gasteiger partial charge in [0.15, 0.2) is 5.75 Å². The molecule has 0 heterocycles. The molecule has 0 amide bonds. The van der Waals surface area contributed by atoms with Crippen LogP contribution in [0.1, 0.15) is 43.0 Å². The summed E-state index contributed by atoms with van der Waals surface area (Å²) < 4.78 is 11.5. The second-order valence-electron chi connectivity index (χ2n) is 9.32. The van der Waals surface area contributed by atoms with E-state index >= 15 is 0 Å². The maximum atomic E-state index is 6.32. The van der Waals surface area contributed by atoms with Crippen molar-refractivity contribution in [3.63, 3.8) is 0 Å². The van der Waals surface area contributed by atoms with E-state index in [1.54, 1.807) is 18.3 Å². The van der Waals surface area contributed by atoms with Gasteiger partial charge in [0.25, 0.3) is 0 Å². The highest BCUT2D eigenvalue weighted by molar-refractivity contribution is 6.55. The van der Waals surface area contributed by atoms with Crippen LogP contribution in [0.25, 0.3) is 0 Å². The Morgan fingerprint density at radius 1 is 0.865 bits per heavy atom. The summed E-state index contributed by atoms with van der Waals surface area (Å²) in [6.07, 6.45) is 3.90. The Kier molecular flexibility index (Phi) is 11.0. The van der Waals surface area contributed by atoms with E-state index in [4.69, 9.17) is 60.7 Å². The van der Waals surface area contributed by atoms with Gasteiger partial charge in [-0.3, -0.25) is 0 Å². The van der Waals surface area contributed by atoms with Crippen molar-refractivity contribution in [3.05, 3.63) is 104 Å². The lowest BCUT2D eigenvalue weighted by atomic mass is 9.87. The van der Waals surface area contributed by atoms with E-state index in [1.165, 1.54) is 11.6 Å². The van der Waals surface area contributed by atoms with Gasteiger partial charge in [-0.05, 0) is 33.7 Å². The zero-order valence-electron chi connectivity index (χ0n) is 20.9. The van der Waals surface area contributed by atoms with Crippen LogP contribution in [0, 0.1) is 0 Å². The summed E-state index contributed by atoms with van der Waals surface area (Å²) in [6.45, 7) is 7.63. The van der Waals surface area contributed by atoms with Crippen molar-refractivity contribution in [2.24, 2.45) is 5.16 Å². The van der Waals surface area contributed by atoms with Crippen LogP contribution in [-0.2, 0) is 23.3 Å². The quantitative estimate of drug-likeness (QED) is 0.168. The van der Waals surface area contributed by atoms with E-state index in [-0.39, 0.29) is 16.5 Å². The molecular formula is C29H29Cl4NO3. The van der Waals surface area contributed by atoms with E-state index in [0.29, 0.717) is 41.2 Å². The summed E-state index contributed by atoms with van der Waals surface area (Å²) in [5.74, 6) is 0.906. The summed E-state index contributed by atoms with van der Waals surface area (Å²) in [6, 6.07) is 19.7. The highest BCUT2D eigenvalue weighted by atomic mass is 35.5. The van der Waals surface area contributed by atoms with Crippen LogP contribution in [-0.4, -0.2) is 19.4 Å². The van der Waals surface area contributed by atoms with Gasteiger partial charge in [0, 0.05) is 18.6 Å². The van der Waals surface area contributed by atoms with Gasteiger partial charge in [-0.1, -0.05) is 121 Å². The molecular weight excluding hydrogens is 552 g/mol. The highest BCUT2D eigenvalue weighted by Gasteiger charge is 2.13. The molecule has 3 aromatic rings. The van der Waals surface area contributed by atoms with Crippen LogP contribution in [0.2, 0.25) is 10.0 Å². The first-order valence-corrected chi connectivity index (χ1v) is 13.2. The average Bonchev–Trinajstić information content (AvgIpc) is 2.84. The Labute approximate surface area is 238 Å². The molecule has 8 heteroatoms. The fourth-order valence-electron chi connectivity index (χ4n) is 3.31. The van der Waals surface area contributed by atoms with E-state index in [1.807, 2.05) is 24.3 Å². The lowest BCUT2D eigenvalue weighted by Gasteiger charge is -2.18. The molecule has 37 heavy (non-hydrogen) atoms. The predicted octanol–water partition coefficient (Wildman–Crippen LogP) is 9.16. The third-order valence-electron chi connectivity index (χ3n) is 5.40. The van der Waals surface area contributed by atoms with Crippen molar-refractivity contribution in [1.82, 2.24) is 0 Å². The number of rotatable bonds is 11. The zero-order valence-corrected chi connectivity index (χ0v) is 24.0. The number of hydrogen-bond donors (Lipinski definition) is 0. The second-order valence-corrected chi connectivity index (χ2v) is 11.1.